The van der Waals surface area contributed by atoms with Crippen molar-refractivity contribution in [2.45, 2.75) is 24.6 Å². The Morgan fingerprint density at radius 2 is 1.64 bits per heavy atom. The van der Waals surface area contributed by atoms with Crippen LogP contribution in [0.2, 0.25) is 0 Å². The number of nitrogens with zero attached hydrogens (tertiary/aromatic N) is 1. The average Bonchev–Trinajstić information content (AvgIpc) is 2.57. The lowest BCUT2D eigenvalue weighted by Crippen LogP contribution is -2.42. The van der Waals surface area contributed by atoms with E-state index < -0.39 is 11.7 Å². The third kappa shape index (κ3) is 4.89. The number of likely N-dealkylation sites (N-methyl/N-ethyl adjacent to an activating group) is 1. The van der Waals surface area contributed by atoms with Gasteiger partial charge >= 0.3 is 6.18 Å². The summed E-state index contributed by atoms with van der Waals surface area (Å²) >= 11 is 0. The zero-order valence-electron chi connectivity index (χ0n) is 13.9. The first-order chi connectivity index (χ1) is 11.4. The minimum atomic E-state index is -4.32. The second kappa shape index (κ2) is 8.11. The van der Waals surface area contributed by atoms with Gasteiger partial charge in [-0.25, -0.2) is 0 Å². The first kappa shape index (κ1) is 19.6. The molecule has 2 aromatic rings. The Morgan fingerprint density at radius 1 is 1.00 bits per heavy atom. The Kier molecular flexibility index (Phi) is 6.36. The molecule has 1 heterocycles. The average molecular weight is 372 g/mol. The lowest BCUT2D eigenvalue weighted by Gasteiger charge is -2.37. The fraction of sp³-hybridized carbons (Fsp3) is 0.368. The van der Waals surface area contributed by atoms with Crippen LogP contribution in [0, 0.1) is 0 Å². The molecule has 2 nitrogen and oxygen atoms in total. The van der Waals surface area contributed by atoms with Gasteiger partial charge in [-0.1, -0.05) is 30.3 Å². The third-order valence-corrected chi connectivity index (χ3v) is 4.45. The van der Waals surface area contributed by atoms with Crippen LogP contribution in [0.1, 0.15) is 23.5 Å². The molecule has 0 spiro atoms. The molecule has 3 rings (SSSR count). The first-order valence-electron chi connectivity index (χ1n) is 8.01. The molecule has 0 unspecified atom stereocenters. The van der Waals surface area contributed by atoms with Crippen molar-refractivity contribution in [3.63, 3.8) is 0 Å². The summed E-state index contributed by atoms with van der Waals surface area (Å²) in [5, 5.41) is 0. The van der Waals surface area contributed by atoms with E-state index in [0.717, 1.165) is 31.6 Å². The molecule has 0 bridgehead atoms. The van der Waals surface area contributed by atoms with E-state index in [1.807, 2.05) is 18.2 Å². The van der Waals surface area contributed by atoms with Crippen molar-refractivity contribution in [1.82, 2.24) is 4.90 Å². The van der Waals surface area contributed by atoms with Gasteiger partial charge in [-0.15, -0.1) is 12.4 Å². The number of halogens is 4. The second-order valence-corrected chi connectivity index (χ2v) is 6.25. The van der Waals surface area contributed by atoms with Gasteiger partial charge in [0.1, 0.15) is 11.9 Å². The second-order valence-electron chi connectivity index (χ2n) is 6.25. The highest BCUT2D eigenvalue weighted by molar-refractivity contribution is 5.85. The SMILES string of the molecule is CN1CC[C@H](Oc2ccc(C(F)(F)F)cc2)[C@H](c2ccccc2)C1.Cl. The third-order valence-electron chi connectivity index (χ3n) is 4.45. The van der Waals surface area contributed by atoms with E-state index in [2.05, 4.69) is 24.1 Å². The summed E-state index contributed by atoms with van der Waals surface area (Å²) in [4.78, 5) is 2.25. The van der Waals surface area contributed by atoms with Crippen molar-refractivity contribution >= 4 is 12.4 Å². The van der Waals surface area contributed by atoms with Crippen LogP contribution in [0.25, 0.3) is 0 Å². The fourth-order valence-corrected chi connectivity index (χ4v) is 3.15. The highest BCUT2D eigenvalue weighted by atomic mass is 35.5. The molecule has 0 amide bonds. The molecular weight excluding hydrogens is 351 g/mol. The van der Waals surface area contributed by atoms with Crippen molar-refractivity contribution in [2.24, 2.45) is 0 Å². The predicted octanol–water partition coefficient (Wildman–Crippen LogP) is 4.99. The minimum Gasteiger partial charge on any atom is -0.490 e. The van der Waals surface area contributed by atoms with E-state index in [1.165, 1.54) is 17.7 Å². The summed E-state index contributed by atoms with van der Waals surface area (Å²) in [6.45, 7) is 1.78. The van der Waals surface area contributed by atoms with Gasteiger partial charge in [0.15, 0.2) is 0 Å². The van der Waals surface area contributed by atoms with Crippen molar-refractivity contribution < 1.29 is 17.9 Å². The van der Waals surface area contributed by atoms with Crippen LogP contribution in [-0.4, -0.2) is 31.1 Å². The van der Waals surface area contributed by atoms with Crippen LogP contribution in [0.5, 0.6) is 5.75 Å². The van der Waals surface area contributed by atoms with Crippen LogP contribution in [0.15, 0.2) is 54.6 Å². The van der Waals surface area contributed by atoms with Gasteiger partial charge in [0.2, 0.25) is 0 Å². The summed E-state index contributed by atoms with van der Waals surface area (Å²) in [6.07, 6.45) is -3.52. The maximum atomic E-state index is 12.7. The molecule has 136 valence electrons. The quantitative estimate of drug-likeness (QED) is 0.753. The molecule has 1 aliphatic rings. The van der Waals surface area contributed by atoms with Crippen LogP contribution in [0.4, 0.5) is 13.2 Å². The number of rotatable bonds is 3. The van der Waals surface area contributed by atoms with Crippen LogP contribution >= 0.6 is 12.4 Å². The molecule has 0 aliphatic carbocycles. The van der Waals surface area contributed by atoms with Crippen LogP contribution < -0.4 is 4.74 Å². The summed E-state index contributed by atoms with van der Waals surface area (Å²) in [5.74, 6) is 0.686. The molecule has 6 heteroatoms. The van der Waals surface area contributed by atoms with E-state index in [9.17, 15) is 13.2 Å². The van der Waals surface area contributed by atoms with Crippen molar-refractivity contribution in [3.05, 3.63) is 65.7 Å². The number of likely N-dealkylation sites (tertiary alicyclic amines) is 1. The lowest BCUT2D eigenvalue weighted by molar-refractivity contribution is -0.137. The molecule has 25 heavy (non-hydrogen) atoms. The summed E-state index contributed by atoms with van der Waals surface area (Å²) in [7, 11) is 2.07. The smallest absolute Gasteiger partial charge is 0.416 e. The van der Waals surface area contributed by atoms with Gasteiger partial charge in [-0.3, -0.25) is 0 Å². The van der Waals surface area contributed by atoms with Gasteiger partial charge in [0, 0.05) is 19.0 Å². The number of hydrogen-bond acceptors (Lipinski definition) is 2. The highest BCUT2D eigenvalue weighted by Crippen LogP contribution is 2.33. The zero-order chi connectivity index (χ0) is 17.2. The van der Waals surface area contributed by atoms with Gasteiger partial charge in [-0.2, -0.15) is 13.2 Å². The Balaban J connectivity index is 0.00000225. The van der Waals surface area contributed by atoms with Gasteiger partial charge in [-0.05, 0) is 43.3 Å². The van der Waals surface area contributed by atoms with Crippen molar-refractivity contribution in [3.8, 4) is 5.75 Å². The molecule has 1 fully saturated rings. The Hall–Kier alpha value is -1.72. The molecule has 1 saturated heterocycles. The Labute approximate surface area is 152 Å². The number of ether oxygens (including phenoxy) is 1. The van der Waals surface area contributed by atoms with E-state index in [-0.39, 0.29) is 24.4 Å². The Morgan fingerprint density at radius 3 is 2.24 bits per heavy atom. The first-order valence-corrected chi connectivity index (χ1v) is 8.01. The van der Waals surface area contributed by atoms with Gasteiger partial charge < -0.3 is 9.64 Å². The van der Waals surface area contributed by atoms with E-state index >= 15 is 0 Å². The monoisotopic (exact) mass is 371 g/mol. The largest absolute Gasteiger partial charge is 0.490 e. The molecule has 2 aromatic carbocycles. The van der Waals surface area contributed by atoms with Crippen molar-refractivity contribution in [2.75, 3.05) is 20.1 Å². The molecule has 0 saturated carbocycles. The van der Waals surface area contributed by atoms with E-state index in [1.54, 1.807) is 0 Å². The summed E-state index contributed by atoms with van der Waals surface area (Å²) < 4.78 is 44.0. The van der Waals surface area contributed by atoms with E-state index in [4.69, 9.17) is 4.74 Å². The van der Waals surface area contributed by atoms with E-state index in [0.29, 0.717) is 5.75 Å². The minimum absolute atomic E-state index is 0. The van der Waals surface area contributed by atoms with Gasteiger partial charge in [0.05, 0.1) is 5.56 Å². The summed E-state index contributed by atoms with van der Waals surface area (Å²) in [5.41, 5.74) is 0.541. The summed E-state index contributed by atoms with van der Waals surface area (Å²) in [6, 6.07) is 15.1. The fourth-order valence-electron chi connectivity index (χ4n) is 3.15. The molecule has 1 aliphatic heterocycles. The molecular formula is C19H21ClF3NO. The maximum absolute atomic E-state index is 12.7. The topological polar surface area (TPSA) is 12.5 Å². The Bertz CT molecular complexity index is 661. The number of alkyl halides is 3. The van der Waals surface area contributed by atoms with Gasteiger partial charge in [0.25, 0.3) is 0 Å². The normalized spacial score (nSPS) is 21.4. The van der Waals surface area contributed by atoms with Crippen molar-refractivity contribution in [1.29, 1.82) is 0 Å². The number of benzene rings is 2. The number of piperidine rings is 1. The number of hydrogen-bond donors (Lipinski definition) is 0. The maximum Gasteiger partial charge on any atom is 0.416 e. The molecule has 0 radical (unpaired) electrons. The highest BCUT2D eigenvalue weighted by Gasteiger charge is 2.32. The molecule has 2 atom stereocenters. The lowest BCUT2D eigenvalue weighted by atomic mass is 9.88. The predicted molar refractivity (Wildman–Crippen MR) is 94.4 cm³/mol. The zero-order valence-corrected chi connectivity index (χ0v) is 14.7. The molecule has 0 aromatic heterocycles. The van der Waals surface area contributed by atoms with Crippen LogP contribution in [-0.2, 0) is 6.18 Å². The standard InChI is InChI=1S/C19H20F3NO.ClH/c1-23-12-11-18(17(13-23)14-5-3-2-4-6-14)24-16-9-7-15(8-10-16)19(20,21)22;/h2-10,17-18H,11-13H2,1H3;1H/t17-,18-;/m0./s1. The molecule has 0 N–H and O–H groups in total. The van der Waals surface area contributed by atoms with Crippen LogP contribution in [0.3, 0.4) is 0 Å².